The van der Waals surface area contributed by atoms with E-state index in [1.54, 1.807) is 4.90 Å². The monoisotopic (exact) mass is 441 g/mol. The van der Waals surface area contributed by atoms with Gasteiger partial charge in [0.25, 0.3) is 5.91 Å². The smallest absolute Gasteiger partial charge is 0.254 e. The van der Waals surface area contributed by atoms with Crippen molar-refractivity contribution in [1.29, 1.82) is 0 Å². The van der Waals surface area contributed by atoms with E-state index in [9.17, 15) is 9.59 Å². The molecule has 0 atom stereocenters. The van der Waals surface area contributed by atoms with Crippen molar-refractivity contribution in [2.75, 3.05) is 32.7 Å². The van der Waals surface area contributed by atoms with Gasteiger partial charge in [0.2, 0.25) is 5.91 Å². The first kappa shape index (κ1) is 23.3. The molecule has 1 aliphatic rings. The van der Waals surface area contributed by atoms with Gasteiger partial charge in [0.1, 0.15) is 0 Å². The van der Waals surface area contributed by atoms with Crippen LogP contribution in [0.15, 0.2) is 48.5 Å². The first-order valence-corrected chi connectivity index (χ1v) is 11.2. The molecule has 5 nitrogen and oxygen atoms in total. The molecule has 0 saturated carbocycles. The highest BCUT2D eigenvalue weighted by Crippen LogP contribution is 2.23. The molecule has 1 fully saturated rings. The van der Waals surface area contributed by atoms with Crippen LogP contribution in [0.25, 0.3) is 0 Å². The largest absolute Gasteiger partial charge is 0.340 e. The van der Waals surface area contributed by atoms with Crippen LogP contribution in [0.2, 0.25) is 5.02 Å². The highest BCUT2D eigenvalue weighted by molar-refractivity contribution is 6.30. The van der Waals surface area contributed by atoms with E-state index in [1.807, 2.05) is 53.4 Å². The number of piperazine rings is 1. The lowest BCUT2D eigenvalue weighted by Crippen LogP contribution is -2.47. The van der Waals surface area contributed by atoms with Gasteiger partial charge in [-0.1, -0.05) is 56.6 Å². The molecule has 166 valence electrons. The van der Waals surface area contributed by atoms with Gasteiger partial charge < -0.3 is 15.1 Å². The zero-order valence-electron chi connectivity index (χ0n) is 18.7. The average Bonchev–Trinajstić information content (AvgIpc) is 2.76. The lowest BCUT2D eigenvalue weighted by Gasteiger charge is -2.29. The zero-order chi connectivity index (χ0) is 22.4. The van der Waals surface area contributed by atoms with Crippen molar-refractivity contribution in [2.24, 2.45) is 0 Å². The van der Waals surface area contributed by atoms with Gasteiger partial charge in [-0.2, -0.15) is 0 Å². The number of carbonyl (C=O) groups excluding carboxylic acids is 2. The number of hydrogen-bond donors (Lipinski definition) is 1. The van der Waals surface area contributed by atoms with Crippen molar-refractivity contribution >= 4 is 23.4 Å². The summed E-state index contributed by atoms with van der Waals surface area (Å²) < 4.78 is 0. The van der Waals surface area contributed by atoms with E-state index < -0.39 is 0 Å². The molecular formula is C25H32ClN3O2. The van der Waals surface area contributed by atoms with Crippen LogP contribution in [0.1, 0.15) is 48.7 Å². The summed E-state index contributed by atoms with van der Waals surface area (Å²) in [7, 11) is 0. The van der Waals surface area contributed by atoms with E-state index in [-0.39, 0.29) is 17.2 Å². The van der Waals surface area contributed by atoms with Crippen LogP contribution in [0.4, 0.5) is 0 Å². The number of nitrogens with one attached hydrogen (secondary N) is 1. The second kappa shape index (κ2) is 10.3. The molecule has 0 spiro atoms. The Hall–Kier alpha value is -2.37. The third-order valence-corrected chi connectivity index (χ3v) is 5.85. The van der Waals surface area contributed by atoms with Gasteiger partial charge in [-0.3, -0.25) is 9.59 Å². The molecule has 0 aliphatic carbocycles. The van der Waals surface area contributed by atoms with Crippen molar-refractivity contribution < 1.29 is 9.59 Å². The van der Waals surface area contributed by atoms with E-state index in [0.717, 1.165) is 31.7 Å². The fraction of sp³-hybridized carbons (Fsp3) is 0.440. The molecule has 1 heterocycles. The Morgan fingerprint density at radius 3 is 2.35 bits per heavy atom. The first-order valence-electron chi connectivity index (χ1n) is 10.9. The maximum Gasteiger partial charge on any atom is 0.254 e. The Kier molecular flexibility index (Phi) is 7.74. The van der Waals surface area contributed by atoms with E-state index in [0.29, 0.717) is 30.1 Å². The van der Waals surface area contributed by atoms with Crippen LogP contribution in [0, 0.1) is 0 Å². The summed E-state index contributed by atoms with van der Waals surface area (Å²) in [5.74, 6) is 0.0158. The Bertz CT molecular complexity index is 900. The number of nitrogens with zero attached hydrogens (tertiary/aromatic N) is 2. The number of rotatable bonds is 6. The van der Waals surface area contributed by atoms with Gasteiger partial charge in [0, 0.05) is 56.3 Å². The second-order valence-corrected chi connectivity index (χ2v) is 9.50. The topological polar surface area (TPSA) is 52.7 Å². The molecule has 6 heteroatoms. The third-order valence-electron chi connectivity index (χ3n) is 5.61. The third kappa shape index (κ3) is 6.55. The summed E-state index contributed by atoms with van der Waals surface area (Å²) in [5, 5.41) is 3.89. The fourth-order valence-corrected chi connectivity index (χ4v) is 3.92. The molecule has 3 rings (SSSR count). The Morgan fingerprint density at radius 2 is 1.74 bits per heavy atom. The summed E-state index contributed by atoms with van der Waals surface area (Å²) >= 11 is 6.14. The van der Waals surface area contributed by atoms with Crippen LogP contribution < -0.4 is 5.32 Å². The van der Waals surface area contributed by atoms with Gasteiger partial charge in [0.15, 0.2) is 0 Å². The minimum absolute atomic E-state index is 0.0256. The van der Waals surface area contributed by atoms with Crippen molar-refractivity contribution in [3.05, 3.63) is 70.2 Å². The summed E-state index contributed by atoms with van der Waals surface area (Å²) in [6, 6.07) is 15.3. The van der Waals surface area contributed by atoms with Crippen LogP contribution in [0.5, 0.6) is 0 Å². The molecule has 0 unspecified atom stereocenters. The van der Waals surface area contributed by atoms with Crippen LogP contribution in [-0.2, 0) is 16.8 Å². The van der Waals surface area contributed by atoms with Crippen molar-refractivity contribution in [3.8, 4) is 0 Å². The summed E-state index contributed by atoms with van der Waals surface area (Å²) in [4.78, 5) is 29.6. The van der Waals surface area contributed by atoms with Gasteiger partial charge >= 0.3 is 0 Å². The minimum Gasteiger partial charge on any atom is -0.340 e. The van der Waals surface area contributed by atoms with E-state index in [2.05, 4.69) is 26.1 Å². The molecule has 2 aromatic rings. The number of benzene rings is 2. The fourth-order valence-electron chi connectivity index (χ4n) is 3.71. The highest BCUT2D eigenvalue weighted by atomic mass is 35.5. The maximum absolute atomic E-state index is 13.3. The minimum atomic E-state index is -0.0754. The lowest BCUT2D eigenvalue weighted by molar-refractivity contribution is -0.132. The Morgan fingerprint density at radius 1 is 1.06 bits per heavy atom. The molecule has 1 aliphatic heterocycles. The molecule has 0 radical (unpaired) electrons. The molecule has 31 heavy (non-hydrogen) atoms. The SMILES string of the molecule is CC(C)(C)c1ccc(C(=O)N(CCC(=O)N2CCNCC2)Cc2cccc(Cl)c2)cc1. The quantitative estimate of drug-likeness (QED) is 0.734. The predicted molar refractivity (Wildman–Crippen MR) is 125 cm³/mol. The number of carbonyl (C=O) groups is 2. The lowest BCUT2D eigenvalue weighted by atomic mass is 9.86. The standard InChI is InChI=1S/C25H32ClN3O2/c1-25(2,3)21-9-7-20(8-10-21)24(31)29(18-19-5-4-6-22(26)17-19)14-11-23(30)28-15-12-27-13-16-28/h4-10,17,27H,11-16,18H2,1-3H3. The summed E-state index contributed by atoms with van der Waals surface area (Å²) in [6.07, 6.45) is 0.312. The summed E-state index contributed by atoms with van der Waals surface area (Å²) in [5.41, 5.74) is 2.78. The van der Waals surface area contributed by atoms with Crippen molar-refractivity contribution in [3.63, 3.8) is 0 Å². The Labute approximate surface area is 190 Å². The summed E-state index contributed by atoms with van der Waals surface area (Å²) in [6.45, 7) is 10.3. The van der Waals surface area contributed by atoms with Crippen molar-refractivity contribution in [1.82, 2.24) is 15.1 Å². The van der Waals surface area contributed by atoms with Gasteiger partial charge in [-0.15, -0.1) is 0 Å². The first-order chi connectivity index (χ1) is 14.7. The molecule has 0 aromatic heterocycles. The number of hydrogen-bond acceptors (Lipinski definition) is 3. The molecular weight excluding hydrogens is 410 g/mol. The van der Waals surface area contributed by atoms with E-state index in [4.69, 9.17) is 11.6 Å². The molecule has 2 amide bonds. The molecule has 1 saturated heterocycles. The molecule has 0 bridgehead atoms. The van der Waals surface area contributed by atoms with Gasteiger partial charge in [-0.25, -0.2) is 0 Å². The average molecular weight is 442 g/mol. The maximum atomic E-state index is 13.3. The number of halogens is 1. The predicted octanol–water partition coefficient (Wildman–Crippen LogP) is 4.10. The Balaban J connectivity index is 1.75. The van der Waals surface area contributed by atoms with Crippen LogP contribution >= 0.6 is 11.6 Å². The normalized spacial score (nSPS) is 14.4. The van der Waals surface area contributed by atoms with E-state index >= 15 is 0 Å². The molecule has 2 aromatic carbocycles. The van der Waals surface area contributed by atoms with Crippen LogP contribution in [-0.4, -0.2) is 54.3 Å². The van der Waals surface area contributed by atoms with Crippen molar-refractivity contribution in [2.45, 2.75) is 39.2 Å². The zero-order valence-corrected chi connectivity index (χ0v) is 19.4. The van der Waals surface area contributed by atoms with Gasteiger partial charge in [-0.05, 0) is 40.8 Å². The number of amides is 2. The van der Waals surface area contributed by atoms with E-state index in [1.165, 1.54) is 5.56 Å². The van der Waals surface area contributed by atoms with Crippen LogP contribution in [0.3, 0.4) is 0 Å². The highest BCUT2D eigenvalue weighted by Gasteiger charge is 2.22. The molecule has 1 N–H and O–H groups in total. The second-order valence-electron chi connectivity index (χ2n) is 9.06. The van der Waals surface area contributed by atoms with Gasteiger partial charge in [0.05, 0.1) is 0 Å².